The molecule has 3 nitrogen and oxygen atoms in total. The summed E-state index contributed by atoms with van der Waals surface area (Å²) >= 11 is 0. The van der Waals surface area contributed by atoms with Gasteiger partial charge in [-0.1, -0.05) is 18.2 Å². The first-order valence-electron chi connectivity index (χ1n) is 6.22. The molecule has 17 heavy (non-hydrogen) atoms. The highest BCUT2D eigenvalue weighted by Gasteiger charge is 2.09. The minimum atomic E-state index is 0.0856. The predicted octanol–water partition coefficient (Wildman–Crippen LogP) is 2.09. The lowest BCUT2D eigenvalue weighted by molar-refractivity contribution is 0.401. The van der Waals surface area contributed by atoms with Gasteiger partial charge in [0.25, 0.3) is 0 Å². The fraction of sp³-hybridized carbons (Fsp3) is 0.571. The number of hydrogen-bond donors (Lipinski definition) is 1. The molecule has 0 heterocycles. The number of nitrogens with two attached hydrogens (primary N) is 1. The summed E-state index contributed by atoms with van der Waals surface area (Å²) in [5.41, 5.74) is 8.47. The highest BCUT2D eigenvalue weighted by Crippen LogP contribution is 2.23. The molecule has 0 aliphatic rings. The van der Waals surface area contributed by atoms with Gasteiger partial charge in [0.15, 0.2) is 0 Å². The van der Waals surface area contributed by atoms with E-state index in [0.717, 1.165) is 19.5 Å². The normalized spacial score (nSPS) is 12.8. The van der Waals surface area contributed by atoms with Crippen molar-refractivity contribution in [3.05, 3.63) is 29.8 Å². The van der Waals surface area contributed by atoms with Crippen LogP contribution in [0.25, 0.3) is 0 Å². The molecule has 2 N–H and O–H groups in total. The first kappa shape index (κ1) is 14.0. The molecule has 0 saturated heterocycles. The van der Waals surface area contributed by atoms with Crippen LogP contribution in [-0.4, -0.2) is 39.1 Å². The third kappa shape index (κ3) is 4.36. The second-order valence-electron chi connectivity index (χ2n) is 4.93. The number of benzene rings is 1. The number of para-hydroxylation sites is 1. The van der Waals surface area contributed by atoms with Crippen LogP contribution < -0.4 is 10.6 Å². The van der Waals surface area contributed by atoms with Gasteiger partial charge in [-0.15, -0.1) is 0 Å². The van der Waals surface area contributed by atoms with E-state index < -0.39 is 0 Å². The Morgan fingerprint density at radius 1 is 1.12 bits per heavy atom. The Hall–Kier alpha value is -1.06. The maximum atomic E-state index is 5.99. The third-order valence-corrected chi connectivity index (χ3v) is 2.94. The average molecular weight is 235 g/mol. The molecule has 1 aromatic carbocycles. The Labute approximate surface area is 105 Å². The molecule has 0 radical (unpaired) electrons. The predicted molar refractivity (Wildman–Crippen MR) is 75.5 cm³/mol. The van der Waals surface area contributed by atoms with Crippen LogP contribution >= 0.6 is 0 Å². The molecule has 0 aliphatic carbocycles. The van der Waals surface area contributed by atoms with Crippen molar-refractivity contribution in [2.75, 3.05) is 39.1 Å². The SMILES string of the molecule is CC(N)c1ccccc1N(C)CCCN(C)C. The largest absolute Gasteiger partial charge is 0.374 e. The van der Waals surface area contributed by atoms with E-state index in [0.29, 0.717) is 0 Å². The molecule has 0 fully saturated rings. The Morgan fingerprint density at radius 2 is 1.76 bits per heavy atom. The summed E-state index contributed by atoms with van der Waals surface area (Å²) in [6.07, 6.45) is 1.16. The molecule has 0 spiro atoms. The maximum absolute atomic E-state index is 5.99. The highest BCUT2D eigenvalue weighted by atomic mass is 15.1. The third-order valence-electron chi connectivity index (χ3n) is 2.94. The summed E-state index contributed by atoms with van der Waals surface area (Å²) in [6, 6.07) is 8.47. The molecule has 3 heteroatoms. The summed E-state index contributed by atoms with van der Waals surface area (Å²) in [4.78, 5) is 4.51. The molecule has 1 unspecified atom stereocenters. The molecule has 0 aromatic heterocycles. The average Bonchev–Trinajstić information content (AvgIpc) is 2.28. The maximum Gasteiger partial charge on any atom is 0.0411 e. The summed E-state index contributed by atoms with van der Waals surface area (Å²) in [7, 11) is 6.35. The standard InChI is InChI=1S/C14H25N3/c1-12(15)13-8-5-6-9-14(13)17(4)11-7-10-16(2)3/h5-6,8-9,12H,7,10-11,15H2,1-4H3. The van der Waals surface area contributed by atoms with E-state index >= 15 is 0 Å². The summed E-state index contributed by atoms with van der Waals surface area (Å²) in [6.45, 7) is 4.21. The van der Waals surface area contributed by atoms with Crippen molar-refractivity contribution in [2.24, 2.45) is 5.73 Å². The van der Waals surface area contributed by atoms with Crippen LogP contribution in [0.3, 0.4) is 0 Å². The lowest BCUT2D eigenvalue weighted by Gasteiger charge is -2.24. The van der Waals surface area contributed by atoms with E-state index in [2.05, 4.69) is 55.2 Å². The monoisotopic (exact) mass is 235 g/mol. The molecule has 1 rings (SSSR count). The van der Waals surface area contributed by atoms with E-state index in [1.165, 1.54) is 11.3 Å². The van der Waals surface area contributed by atoms with Crippen LogP contribution in [-0.2, 0) is 0 Å². The minimum absolute atomic E-state index is 0.0856. The zero-order valence-electron chi connectivity index (χ0n) is 11.5. The molecule has 1 atom stereocenters. The zero-order valence-corrected chi connectivity index (χ0v) is 11.5. The number of rotatable bonds is 6. The zero-order chi connectivity index (χ0) is 12.8. The van der Waals surface area contributed by atoms with Gasteiger partial charge in [0, 0.05) is 25.3 Å². The molecule has 0 amide bonds. The summed E-state index contributed by atoms with van der Waals surface area (Å²) < 4.78 is 0. The van der Waals surface area contributed by atoms with Gasteiger partial charge in [-0.3, -0.25) is 0 Å². The van der Waals surface area contributed by atoms with Gasteiger partial charge in [0.05, 0.1) is 0 Å². The molecule has 1 aromatic rings. The lowest BCUT2D eigenvalue weighted by Crippen LogP contribution is -2.25. The smallest absolute Gasteiger partial charge is 0.0411 e. The molecule has 0 saturated carbocycles. The van der Waals surface area contributed by atoms with Crippen LogP contribution in [0.4, 0.5) is 5.69 Å². The molecule has 0 aliphatic heterocycles. The van der Waals surface area contributed by atoms with Crippen LogP contribution in [0.15, 0.2) is 24.3 Å². The second kappa shape index (κ2) is 6.62. The van der Waals surface area contributed by atoms with Gasteiger partial charge in [-0.25, -0.2) is 0 Å². The van der Waals surface area contributed by atoms with Crippen molar-refractivity contribution < 1.29 is 0 Å². The number of anilines is 1. The Morgan fingerprint density at radius 3 is 2.35 bits per heavy atom. The van der Waals surface area contributed by atoms with Crippen molar-refractivity contribution in [3.8, 4) is 0 Å². The quantitative estimate of drug-likeness (QED) is 0.819. The van der Waals surface area contributed by atoms with Crippen LogP contribution in [0, 0.1) is 0 Å². The van der Waals surface area contributed by atoms with Gasteiger partial charge < -0.3 is 15.5 Å². The van der Waals surface area contributed by atoms with Gasteiger partial charge >= 0.3 is 0 Å². The Bertz CT molecular complexity index is 334. The van der Waals surface area contributed by atoms with E-state index in [4.69, 9.17) is 5.73 Å². The van der Waals surface area contributed by atoms with E-state index in [1.807, 2.05) is 6.92 Å². The number of hydrogen-bond acceptors (Lipinski definition) is 3. The van der Waals surface area contributed by atoms with Gasteiger partial charge in [-0.05, 0) is 45.6 Å². The van der Waals surface area contributed by atoms with Gasteiger partial charge in [0.2, 0.25) is 0 Å². The van der Waals surface area contributed by atoms with Crippen molar-refractivity contribution in [1.29, 1.82) is 0 Å². The Balaban J connectivity index is 2.65. The van der Waals surface area contributed by atoms with Gasteiger partial charge in [-0.2, -0.15) is 0 Å². The van der Waals surface area contributed by atoms with Crippen molar-refractivity contribution >= 4 is 5.69 Å². The molecule has 96 valence electrons. The first-order valence-corrected chi connectivity index (χ1v) is 6.22. The van der Waals surface area contributed by atoms with Crippen molar-refractivity contribution in [2.45, 2.75) is 19.4 Å². The molecule has 0 bridgehead atoms. The fourth-order valence-corrected chi connectivity index (χ4v) is 1.96. The second-order valence-corrected chi connectivity index (χ2v) is 4.93. The van der Waals surface area contributed by atoms with E-state index in [1.54, 1.807) is 0 Å². The van der Waals surface area contributed by atoms with Crippen molar-refractivity contribution in [3.63, 3.8) is 0 Å². The fourth-order valence-electron chi connectivity index (χ4n) is 1.96. The van der Waals surface area contributed by atoms with Crippen LogP contribution in [0.5, 0.6) is 0 Å². The van der Waals surface area contributed by atoms with E-state index in [-0.39, 0.29) is 6.04 Å². The Kier molecular flexibility index (Phi) is 5.45. The van der Waals surface area contributed by atoms with Crippen LogP contribution in [0.1, 0.15) is 24.9 Å². The topological polar surface area (TPSA) is 32.5 Å². The summed E-state index contributed by atoms with van der Waals surface area (Å²) in [5, 5.41) is 0. The molecular weight excluding hydrogens is 210 g/mol. The summed E-state index contributed by atoms with van der Waals surface area (Å²) in [5.74, 6) is 0. The molecular formula is C14H25N3. The van der Waals surface area contributed by atoms with Crippen molar-refractivity contribution in [1.82, 2.24) is 4.90 Å². The lowest BCUT2D eigenvalue weighted by atomic mass is 10.1. The first-order chi connectivity index (χ1) is 8.02. The van der Waals surface area contributed by atoms with Crippen LogP contribution in [0.2, 0.25) is 0 Å². The number of nitrogens with zero attached hydrogens (tertiary/aromatic N) is 2. The van der Waals surface area contributed by atoms with E-state index in [9.17, 15) is 0 Å². The minimum Gasteiger partial charge on any atom is -0.374 e. The highest BCUT2D eigenvalue weighted by molar-refractivity contribution is 5.54. The van der Waals surface area contributed by atoms with Gasteiger partial charge in [0.1, 0.15) is 0 Å².